The summed E-state index contributed by atoms with van der Waals surface area (Å²) in [6.45, 7) is 11.2. The van der Waals surface area contributed by atoms with E-state index >= 15 is 0 Å². The van der Waals surface area contributed by atoms with Crippen LogP contribution in [0.1, 0.15) is 53.0 Å². The maximum absolute atomic E-state index is 6.77. The summed E-state index contributed by atoms with van der Waals surface area (Å²) in [5, 5.41) is 2.26. The van der Waals surface area contributed by atoms with Crippen molar-refractivity contribution in [3.05, 3.63) is 176 Å². The van der Waals surface area contributed by atoms with Gasteiger partial charge in [-0.3, -0.25) is 9.97 Å². The zero-order valence-electron chi connectivity index (χ0n) is 34.9. The Kier molecular flexibility index (Phi) is 9.32. The molecule has 0 bridgehead atoms. The highest BCUT2D eigenvalue weighted by molar-refractivity contribution is 6.08. The van der Waals surface area contributed by atoms with Gasteiger partial charge in [-0.15, -0.1) is 0 Å². The van der Waals surface area contributed by atoms with Crippen molar-refractivity contribution in [3.63, 3.8) is 0 Å². The summed E-state index contributed by atoms with van der Waals surface area (Å²) in [5.74, 6) is 0.923. The van der Waals surface area contributed by atoms with Crippen LogP contribution in [0.5, 0.6) is 5.75 Å². The molecular weight excluding hydrogens is 733 g/mol. The first-order valence-corrected chi connectivity index (χ1v) is 21.2. The Balaban J connectivity index is 1.20. The van der Waals surface area contributed by atoms with Crippen molar-refractivity contribution in [1.29, 1.82) is 0 Å². The van der Waals surface area contributed by atoms with E-state index in [1.54, 1.807) is 0 Å². The van der Waals surface area contributed by atoms with Crippen LogP contribution in [0.3, 0.4) is 0 Å². The maximum atomic E-state index is 6.77. The van der Waals surface area contributed by atoms with E-state index in [4.69, 9.17) is 14.7 Å². The predicted molar refractivity (Wildman–Crippen MR) is 251 cm³/mol. The number of pyridine rings is 2. The lowest BCUT2D eigenvalue weighted by molar-refractivity contribution is 0.244. The molecule has 0 radical (unpaired) electrons. The Bertz CT molecular complexity index is 2950. The third kappa shape index (κ3) is 6.24. The number of benzene rings is 6. The molecule has 0 spiro atoms. The van der Waals surface area contributed by atoms with Crippen molar-refractivity contribution < 1.29 is 4.74 Å². The average Bonchev–Trinajstić information content (AvgIpc) is 3.82. The first-order valence-electron chi connectivity index (χ1n) is 21.2. The largest absolute Gasteiger partial charge is 0.490 e. The number of para-hydroxylation sites is 2. The minimum absolute atomic E-state index is 0.00771. The number of fused-ring (bicyclic) bond motifs is 6. The lowest BCUT2D eigenvalue weighted by Gasteiger charge is -2.30. The zero-order valence-corrected chi connectivity index (χ0v) is 34.9. The molecule has 0 saturated carbocycles. The monoisotopic (exact) mass is 780 g/mol. The summed E-state index contributed by atoms with van der Waals surface area (Å²) in [7, 11) is 0. The lowest BCUT2D eigenvalue weighted by Crippen LogP contribution is -2.20. The van der Waals surface area contributed by atoms with Gasteiger partial charge < -0.3 is 13.9 Å². The van der Waals surface area contributed by atoms with Crippen LogP contribution in [0.25, 0.3) is 88.6 Å². The van der Waals surface area contributed by atoms with Gasteiger partial charge in [0.1, 0.15) is 5.75 Å². The molecule has 0 aliphatic carbocycles. The maximum Gasteiger partial charge on any atom is 0.135 e. The summed E-state index contributed by atoms with van der Waals surface area (Å²) in [6.07, 6.45) is 5.86. The van der Waals surface area contributed by atoms with Gasteiger partial charge >= 0.3 is 0 Å². The number of hydrogen-bond donors (Lipinski definition) is 0. The number of aromatic nitrogens is 4. The average molecular weight is 781 g/mol. The first kappa shape index (κ1) is 37.3. The fraction of sp³-hybridized carbons (Fsp3) is 0.164. The second kappa shape index (κ2) is 15.0. The predicted octanol–water partition coefficient (Wildman–Crippen LogP) is 14.5. The molecular formula is C55H48N4O. The van der Waals surface area contributed by atoms with Crippen LogP contribution < -0.4 is 4.74 Å². The van der Waals surface area contributed by atoms with Crippen LogP contribution in [0.4, 0.5) is 0 Å². The molecule has 4 aromatic heterocycles. The molecule has 0 aliphatic rings. The van der Waals surface area contributed by atoms with Gasteiger partial charge in [-0.2, -0.15) is 0 Å². The van der Waals surface area contributed by atoms with E-state index in [1.165, 1.54) is 5.56 Å². The SMILES string of the molecule is CCC(C)(CC)c1cc(-c2ccccc2)c(OC(C)C)c(-c2ccc(-c3cc(-n4c5ccccc5c5ncccc54)cc(-n4c5ccccc5c5ncccc54)c3)cc2)c1. The van der Waals surface area contributed by atoms with Crippen molar-refractivity contribution in [2.75, 3.05) is 0 Å². The molecule has 294 valence electrons. The highest BCUT2D eigenvalue weighted by Gasteiger charge is 2.27. The molecule has 6 aromatic carbocycles. The quantitative estimate of drug-likeness (QED) is 0.139. The van der Waals surface area contributed by atoms with E-state index in [0.29, 0.717) is 0 Å². The minimum Gasteiger partial charge on any atom is -0.490 e. The fourth-order valence-electron chi connectivity index (χ4n) is 9.03. The second-order valence-electron chi connectivity index (χ2n) is 16.5. The van der Waals surface area contributed by atoms with Gasteiger partial charge in [0.25, 0.3) is 0 Å². The zero-order chi connectivity index (χ0) is 41.0. The molecule has 0 amide bonds. The van der Waals surface area contributed by atoms with E-state index in [9.17, 15) is 0 Å². The van der Waals surface area contributed by atoms with Gasteiger partial charge in [0.2, 0.25) is 0 Å². The molecule has 60 heavy (non-hydrogen) atoms. The second-order valence-corrected chi connectivity index (χ2v) is 16.5. The topological polar surface area (TPSA) is 44.9 Å². The molecule has 4 heterocycles. The Morgan fingerprint density at radius 1 is 0.500 bits per heavy atom. The van der Waals surface area contributed by atoms with Crippen LogP contribution in [0.15, 0.2) is 170 Å². The van der Waals surface area contributed by atoms with Gasteiger partial charge in [-0.05, 0) is 127 Å². The smallest absolute Gasteiger partial charge is 0.135 e. The van der Waals surface area contributed by atoms with Crippen molar-refractivity contribution in [2.24, 2.45) is 0 Å². The summed E-state index contributed by atoms with van der Waals surface area (Å²) < 4.78 is 11.5. The number of rotatable bonds is 10. The summed E-state index contributed by atoms with van der Waals surface area (Å²) in [5.41, 5.74) is 16.6. The molecule has 0 saturated heterocycles. The standard InChI is InChI=1S/C55H48N4O/c1-6-55(5,7-2)41-33-46(38-17-9-8-10-18-38)54(60-36(3)4)47(34-41)39-27-25-37(26-28-39)40-31-42(58-48-21-13-11-19-44(48)52-50(58)23-15-29-56-52)35-43(32-40)59-49-22-14-12-20-45(49)53-51(59)24-16-30-57-53/h8-36H,6-7H2,1-5H3. The van der Waals surface area contributed by atoms with E-state index in [2.05, 4.69) is 189 Å². The third-order valence-corrected chi connectivity index (χ3v) is 12.6. The Morgan fingerprint density at radius 3 is 1.48 bits per heavy atom. The highest BCUT2D eigenvalue weighted by atomic mass is 16.5. The summed E-state index contributed by atoms with van der Waals surface area (Å²) >= 11 is 0. The van der Waals surface area contributed by atoms with E-state index in [0.717, 1.165) is 107 Å². The molecule has 5 heteroatoms. The van der Waals surface area contributed by atoms with E-state index in [-0.39, 0.29) is 11.5 Å². The molecule has 0 atom stereocenters. The molecule has 0 fully saturated rings. The van der Waals surface area contributed by atoms with Crippen molar-refractivity contribution in [3.8, 4) is 50.5 Å². The van der Waals surface area contributed by atoms with Gasteiger partial charge in [-0.1, -0.05) is 112 Å². The summed E-state index contributed by atoms with van der Waals surface area (Å²) in [6, 6.07) is 57.0. The number of hydrogen-bond acceptors (Lipinski definition) is 3. The molecule has 0 unspecified atom stereocenters. The molecule has 5 nitrogen and oxygen atoms in total. The Morgan fingerprint density at radius 2 is 0.967 bits per heavy atom. The fourth-order valence-corrected chi connectivity index (χ4v) is 9.03. The number of ether oxygens (including phenoxy) is 1. The molecule has 0 aliphatic heterocycles. The Hall–Kier alpha value is -6.98. The normalized spacial score (nSPS) is 12.0. The minimum atomic E-state index is 0.00771. The van der Waals surface area contributed by atoms with Gasteiger partial charge in [0.15, 0.2) is 0 Å². The van der Waals surface area contributed by atoms with E-state index in [1.807, 2.05) is 24.5 Å². The first-order chi connectivity index (χ1) is 29.3. The third-order valence-electron chi connectivity index (χ3n) is 12.6. The Labute approximate surface area is 351 Å². The van der Waals surface area contributed by atoms with Crippen molar-refractivity contribution in [2.45, 2.75) is 59.0 Å². The molecule has 10 aromatic rings. The van der Waals surface area contributed by atoms with Crippen LogP contribution in [0.2, 0.25) is 0 Å². The number of nitrogens with zero attached hydrogens (tertiary/aromatic N) is 4. The van der Waals surface area contributed by atoms with Crippen LogP contribution in [0, 0.1) is 0 Å². The lowest BCUT2D eigenvalue weighted by atomic mass is 9.75. The van der Waals surface area contributed by atoms with Crippen LogP contribution in [-0.2, 0) is 5.41 Å². The van der Waals surface area contributed by atoms with Gasteiger partial charge in [0.05, 0.1) is 39.2 Å². The molecule has 0 N–H and O–H groups in total. The van der Waals surface area contributed by atoms with Crippen LogP contribution in [-0.4, -0.2) is 25.2 Å². The molecule has 10 rings (SSSR count). The van der Waals surface area contributed by atoms with Gasteiger partial charge in [-0.25, -0.2) is 0 Å². The summed E-state index contributed by atoms with van der Waals surface area (Å²) in [4.78, 5) is 9.73. The van der Waals surface area contributed by atoms with Crippen LogP contribution >= 0.6 is 0 Å². The highest BCUT2D eigenvalue weighted by Crippen LogP contribution is 2.46. The van der Waals surface area contributed by atoms with Gasteiger partial charge in [0, 0.05) is 45.7 Å². The van der Waals surface area contributed by atoms with E-state index < -0.39 is 0 Å². The van der Waals surface area contributed by atoms with Crippen molar-refractivity contribution in [1.82, 2.24) is 19.1 Å². The van der Waals surface area contributed by atoms with Crippen molar-refractivity contribution >= 4 is 43.9 Å².